The van der Waals surface area contributed by atoms with E-state index in [2.05, 4.69) is 42.1 Å². The second-order valence-corrected chi connectivity index (χ2v) is 8.28. The molecule has 2 aliphatic rings. The maximum absolute atomic E-state index is 9.33. The van der Waals surface area contributed by atoms with Crippen molar-refractivity contribution in [3.05, 3.63) is 39.4 Å². The standard InChI is InChI=1S/C20H31N3OS/c1-3-7-17(23-24)19-13-12-18(25-19)14(2)21-20(15-8-6-9-15)22-16-10-4-5-11-16/h7,12-14,16,21-24H,3-6,8-11H2,1-2H3/b17-7+. The first-order valence-corrected chi connectivity index (χ1v) is 10.5. The van der Waals surface area contributed by atoms with E-state index in [0.29, 0.717) is 6.04 Å². The SMILES string of the molecule is CC/C=C(/NO)c1ccc(C(C)NC(NC2CCCC2)=C2CCC2)s1. The van der Waals surface area contributed by atoms with Gasteiger partial charge in [-0.25, -0.2) is 0 Å². The van der Waals surface area contributed by atoms with Crippen molar-refractivity contribution in [2.75, 3.05) is 0 Å². The minimum absolute atomic E-state index is 0.261. The van der Waals surface area contributed by atoms with E-state index in [9.17, 15) is 5.21 Å². The molecule has 0 amide bonds. The molecule has 1 unspecified atom stereocenters. The van der Waals surface area contributed by atoms with Crippen molar-refractivity contribution in [3.8, 4) is 0 Å². The van der Waals surface area contributed by atoms with Crippen LogP contribution in [0.1, 0.15) is 81.0 Å². The van der Waals surface area contributed by atoms with Crippen LogP contribution in [0.15, 0.2) is 29.6 Å². The van der Waals surface area contributed by atoms with Gasteiger partial charge in [0.2, 0.25) is 0 Å². The maximum Gasteiger partial charge on any atom is 0.0985 e. The molecule has 2 fully saturated rings. The average molecular weight is 362 g/mol. The first-order chi connectivity index (χ1) is 12.2. The Balaban J connectivity index is 1.68. The fourth-order valence-electron chi connectivity index (χ4n) is 3.55. The molecule has 1 atom stereocenters. The van der Waals surface area contributed by atoms with Crippen molar-refractivity contribution >= 4 is 17.0 Å². The van der Waals surface area contributed by atoms with Crippen LogP contribution in [0.3, 0.4) is 0 Å². The van der Waals surface area contributed by atoms with Crippen molar-refractivity contribution in [2.45, 2.75) is 77.3 Å². The number of hydrogen-bond donors (Lipinski definition) is 4. The highest BCUT2D eigenvalue weighted by Crippen LogP contribution is 2.32. The van der Waals surface area contributed by atoms with Crippen molar-refractivity contribution in [1.82, 2.24) is 16.1 Å². The zero-order chi connectivity index (χ0) is 17.6. The number of allylic oxidation sites excluding steroid dienone is 2. The van der Waals surface area contributed by atoms with Gasteiger partial charge in [-0.15, -0.1) is 11.3 Å². The third kappa shape index (κ3) is 4.59. The van der Waals surface area contributed by atoms with Crippen LogP contribution < -0.4 is 16.1 Å². The molecule has 1 aromatic heterocycles. The van der Waals surface area contributed by atoms with Gasteiger partial charge in [0.05, 0.1) is 22.4 Å². The molecule has 4 N–H and O–H groups in total. The average Bonchev–Trinajstić information content (AvgIpc) is 3.22. The molecule has 5 heteroatoms. The highest BCUT2D eigenvalue weighted by molar-refractivity contribution is 7.13. The highest BCUT2D eigenvalue weighted by atomic mass is 32.1. The zero-order valence-electron chi connectivity index (χ0n) is 15.4. The fraction of sp³-hybridized carbons (Fsp3) is 0.600. The zero-order valence-corrected chi connectivity index (χ0v) is 16.2. The van der Waals surface area contributed by atoms with Crippen LogP contribution in [0.2, 0.25) is 0 Å². The molecule has 0 bridgehead atoms. The summed E-state index contributed by atoms with van der Waals surface area (Å²) in [6.07, 6.45) is 12.0. The largest absolute Gasteiger partial charge is 0.369 e. The summed E-state index contributed by atoms with van der Waals surface area (Å²) in [6, 6.07) is 5.15. The smallest absolute Gasteiger partial charge is 0.0985 e. The first kappa shape index (κ1) is 18.3. The van der Waals surface area contributed by atoms with Gasteiger partial charge in [0.1, 0.15) is 0 Å². The number of thiophene rings is 1. The second-order valence-electron chi connectivity index (χ2n) is 7.16. The molecule has 138 valence electrons. The Bertz CT molecular complexity index is 623. The topological polar surface area (TPSA) is 56.3 Å². The molecule has 4 nitrogen and oxygen atoms in total. The van der Waals surface area contributed by atoms with Gasteiger partial charge in [0.25, 0.3) is 0 Å². The molecule has 2 aliphatic carbocycles. The number of nitrogens with one attached hydrogen (secondary N) is 3. The summed E-state index contributed by atoms with van der Waals surface area (Å²) < 4.78 is 0. The molecule has 3 rings (SSSR count). The van der Waals surface area contributed by atoms with Crippen LogP contribution in [0.5, 0.6) is 0 Å². The normalized spacial score (nSPS) is 19.5. The predicted octanol–water partition coefficient (Wildman–Crippen LogP) is 5.06. The first-order valence-electron chi connectivity index (χ1n) is 9.66. The van der Waals surface area contributed by atoms with Gasteiger partial charge in [-0.3, -0.25) is 10.7 Å². The molecular weight excluding hydrogens is 330 g/mol. The monoisotopic (exact) mass is 361 g/mol. The molecular formula is C20H31N3OS. The van der Waals surface area contributed by atoms with E-state index in [-0.39, 0.29) is 6.04 Å². The van der Waals surface area contributed by atoms with Crippen molar-refractivity contribution in [1.29, 1.82) is 0 Å². The van der Waals surface area contributed by atoms with E-state index >= 15 is 0 Å². The highest BCUT2D eigenvalue weighted by Gasteiger charge is 2.22. The van der Waals surface area contributed by atoms with Gasteiger partial charge in [-0.1, -0.05) is 25.8 Å². The van der Waals surface area contributed by atoms with Gasteiger partial charge in [-0.05, 0) is 63.2 Å². The molecule has 25 heavy (non-hydrogen) atoms. The Morgan fingerprint density at radius 2 is 2.04 bits per heavy atom. The molecule has 0 saturated heterocycles. The van der Waals surface area contributed by atoms with Crippen LogP contribution in [0.25, 0.3) is 5.70 Å². The Morgan fingerprint density at radius 3 is 2.64 bits per heavy atom. The summed E-state index contributed by atoms with van der Waals surface area (Å²) in [6.45, 7) is 4.29. The summed E-state index contributed by atoms with van der Waals surface area (Å²) in [5.74, 6) is 1.28. The Morgan fingerprint density at radius 1 is 1.28 bits per heavy atom. The fourth-order valence-corrected chi connectivity index (χ4v) is 4.55. The molecule has 0 aromatic carbocycles. The van der Waals surface area contributed by atoms with Crippen LogP contribution >= 0.6 is 11.3 Å². The van der Waals surface area contributed by atoms with Gasteiger partial charge in [0, 0.05) is 10.9 Å². The summed E-state index contributed by atoms with van der Waals surface area (Å²) >= 11 is 1.73. The van der Waals surface area contributed by atoms with Gasteiger partial charge in [0.15, 0.2) is 0 Å². The van der Waals surface area contributed by atoms with Crippen molar-refractivity contribution < 1.29 is 5.21 Å². The van der Waals surface area contributed by atoms with E-state index in [1.807, 2.05) is 6.08 Å². The Kier molecular flexibility index (Phi) is 6.43. The van der Waals surface area contributed by atoms with Crippen LogP contribution in [-0.4, -0.2) is 11.2 Å². The number of hydroxylamine groups is 1. The molecule has 1 heterocycles. The maximum atomic E-state index is 9.33. The van der Waals surface area contributed by atoms with E-state index in [1.54, 1.807) is 16.9 Å². The minimum atomic E-state index is 0.261. The third-order valence-electron chi connectivity index (χ3n) is 5.22. The minimum Gasteiger partial charge on any atom is -0.369 e. The van der Waals surface area contributed by atoms with E-state index < -0.39 is 0 Å². The third-order valence-corrected chi connectivity index (χ3v) is 6.52. The number of hydrogen-bond acceptors (Lipinski definition) is 5. The van der Waals surface area contributed by atoms with E-state index in [0.717, 1.165) is 17.0 Å². The lowest BCUT2D eigenvalue weighted by Gasteiger charge is -2.28. The van der Waals surface area contributed by atoms with Crippen molar-refractivity contribution in [2.24, 2.45) is 0 Å². The summed E-state index contributed by atoms with van der Waals surface area (Å²) in [5, 5.41) is 16.9. The summed E-state index contributed by atoms with van der Waals surface area (Å²) in [5.41, 5.74) is 4.68. The van der Waals surface area contributed by atoms with E-state index in [4.69, 9.17) is 0 Å². The molecule has 2 saturated carbocycles. The molecule has 0 spiro atoms. The lowest BCUT2D eigenvalue weighted by molar-refractivity contribution is 0.224. The lowest BCUT2D eigenvalue weighted by Crippen LogP contribution is -2.36. The van der Waals surface area contributed by atoms with E-state index in [1.165, 1.54) is 55.6 Å². The predicted molar refractivity (Wildman–Crippen MR) is 105 cm³/mol. The van der Waals surface area contributed by atoms with Gasteiger partial charge >= 0.3 is 0 Å². The van der Waals surface area contributed by atoms with Crippen molar-refractivity contribution in [3.63, 3.8) is 0 Å². The summed E-state index contributed by atoms with van der Waals surface area (Å²) in [4.78, 5) is 2.37. The molecule has 0 aliphatic heterocycles. The molecule has 1 aromatic rings. The van der Waals surface area contributed by atoms with Gasteiger partial charge < -0.3 is 10.6 Å². The second kappa shape index (κ2) is 8.77. The Labute approximate surface area is 155 Å². The Hall–Kier alpha value is -1.46. The van der Waals surface area contributed by atoms with Gasteiger partial charge in [-0.2, -0.15) is 0 Å². The quantitative estimate of drug-likeness (QED) is 0.489. The number of rotatable bonds is 8. The lowest BCUT2D eigenvalue weighted by atomic mass is 9.92. The molecule has 0 radical (unpaired) electrons. The summed E-state index contributed by atoms with van der Waals surface area (Å²) in [7, 11) is 0. The van der Waals surface area contributed by atoms with Crippen LogP contribution in [0.4, 0.5) is 0 Å². The van der Waals surface area contributed by atoms with Crippen LogP contribution in [-0.2, 0) is 0 Å². The van der Waals surface area contributed by atoms with Crippen LogP contribution in [0, 0.1) is 0 Å².